The summed E-state index contributed by atoms with van der Waals surface area (Å²) >= 11 is 0. The summed E-state index contributed by atoms with van der Waals surface area (Å²) in [7, 11) is 1.59. The molecule has 4 heteroatoms. The van der Waals surface area contributed by atoms with Gasteiger partial charge in [0.25, 0.3) is 5.91 Å². The number of hydrogen-bond donors (Lipinski definition) is 1. The lowest BCUT2D eigenvalue weighted by molar-refractivity contribution is 0.0518. The smallest absolute Gasteiger partial charge is 0.257 e. The van der Waals surface area contributed by atoms with E-state index < -0.39 is 0 Å². The number of carbonyl (C=O) groups is 1. The third kappa shape index (κ3) is 2.85. The van der Waals surface area contributed by atoms with Gasteiger partial charge in [0.05, 0.1) is 12.7 Å². The number of anilines is 1. The first-order valence-corrected chi connectivity index (χ1v) is 7.92. The number of rotatable bonds is 2. The van der Waals surface area contributed by atoms with Crippen LogP contribution < -0.4 is 10.5 Å². The molecule has 2 N–H and O–H groups in total. The van der Waals surface area contributed by atoms with E-state index in [2.05, 4.69) is 0 Å². The SMILES string of the molecule is COc1ccc(N)cc1C(=O)N1CCC2CCCCC2C1. The van der Waals surface area contributed by atoms with Crippen LogP contribution in [0.25, 0.3) is 0 Å². The molecule has 4 nitrogen and oxygen atoms in total. The number of carbonyl (C=O) groups excluding carboxylic acids is 1. The van der Waals surface area contributed by atoms with Crippen LogP contribution in [0.4, 0.5) is 5.69 Å². The molecule has 0 bridgehead atoms. The normalized spacial score (nSPS) is 25.3. The molecular weight excluding hydrogens is 264 g/mol. The first-order valence-electron chi connectivity index (χ1n) is 7.92. The Morgan fingerprint density at radius 3 is 2.76 bits per heavy atom. The van der Waals surface area contributed by atoms with Gasteiger partial charge in [0, 0.05) is 18.8 Å². The van der Waals surface area contributed by atoms with Gasteiger partial charge >= 0.3 is 0 Å². The van der Waals surface area contributed by atoms with Crippen molar-refractivity contribution >= 4 is 11.6 Å². The van der Waals surface area contributed by atoms with Gasteiger partial charge in [-0.1, -0.05) is 19.3 Å². The molecule has 3 rings (SSSR count). The van der Waals surface area contributed by atoms with E-state index in [0.29, 0.717) is 22.9 Å². The number of likely N-dealkylation sites (tertiary alicyclic amines) is 1. The third-order valence-electron chi connectivity index (χ3n) is 5.03. The van der Waals surface area contributed by atoms with Crippen LogP contribution in [0.15, 0.2) is 18.2 Å². The summed E-state index contributed by atoms with van der Waals surface area (Å²) in [4.78, 5) is 14.8. The van der Waals surface area contributed by atoms with E-state index >= 15 is 0 Å². The van der Waals surface area contributed by atoms with Gasteiger partial charge in [-0.2, -0.15) is 0 Å². The lowest BCUT2D eigenvalue weighted by atomic mass is 9.75. The molecule has 21 heavy (non-hydrogen) atoms. The minimum Gasteiger partial charge on any atom is -0.496 e. The molecule has 2 fully saturated rings. The number of nitrogens with two attached hydrogens (primary N) is 1. The van der Waals surface area contributed by atoms with E-state index in [-0.39, 0.29) is 5.91 Å². The minimum atomic E-state index is 0.0585. The third-order valence-corrected chi connectivity index (χ3v) is 5.03. The number of amides is 1. The predicted octanol–water partition coefficient (Wildman–Crippen LogP) is 2.93. The van der Waals surface area contributed by atoms with Crippen molar-refractivity contribution in [3.8, 4) is 5.75 Å². The van der Waals surface area contributed by atoms with Gasteiger partial charge in [0.15, 0.2) is 0 Å². The first kappa shape index (κ1) is 14.2. The molecule has 1 aromatic carbocycles. The summed E-state index contributed by atoms with van der Waals surface area (Å²) in [5.41, 5.74) is 7.02. The molecule has 2 unspecified atom stereocenters. The Labute approximate surface area is 126 Å². The first-order chi connectivity index (χ1) is 10.2. The number of piperidine rings is 1. The van der Waals surface area contributed by atoms with E-state index in [4.69, 9.17) is 10.5 Å². The number of methoxy groups -OCH3 is 1. The average Bonchev–Trinajstić information content (AvgIpc) is 2.53. The highest BCUT2D eigenvalue weighted by Gasteiger charge is 2.33. The topological polar surface area (TPSA) is 55.6 Å². The average molecular weight is 288 g/mol. The highest BCUT2D eigenvalue weighted by atomic mass is 16.5. The molecule has 1 heterocycles. The summed E-state index contributed by atoms with van der Waals surface area (Å²) < 4.78 is 5.32. The summed E-state index contributed by atoms with van der Waals surface area (Å²) in [6, 6.07) is 5.27. The Bertz CT molecular complexity index is 530. The van der Waals surface area contributed by atoms with Crippen LogP contribution in [0, 0.1) is 11.8 Å². The molecule has 1 amide bonds. The molecule has 1 aliphatic heterocycles. The molecule has 1 saturated heterocycles. The Morgan fingerprint density at radius 1 is 1.24 bits per heavy atom. The Balaban J connectivity index is 1.77. The number of nitrogen functional groups attached to an aromatic ring is 1. The fourth-order valence-corrected chi connectivity index (χ4v) is 3.85. The molecule has 0 spiro atoms. The lowest BCUT2D eigenvalue weighted by Crippen LogP contribution is -2.44. The molecule has 1 aromatic rings. The van der Waals surface area contributed by atoms with Gasteiger partial charge in [0.1, 0.15) is 5.75 Å². The molecule has 0 aromatic heterocycles. The van der Waals surface area contributed by atoms with Gasteiger partial charge in [-0.3, -0.25) is 4.79 Å². The minimum absolute atomic E-state index is 0.0585. The van der Waals surface area contributed by atoms with Crippen molar-refractivity contribution in [3.63, 3.8) is 0 Å². The molecule has 1 saturated carbocycles. The highest BCUT2D eigenvalue weighted by molar-refractivity contribution is 5.97. The summed E-state index contributed by atoms with van der Waals surface area (Å²) in [5.74, 6) is 2.18. The summed E-state index contributed by atoms with van der Waals surface area (Å²) in [5, 5.41) is 0. The van der Waals surface area contributed by atoms with Crippen LogP contribution in [0.3, 0.4) is 0 Å². The number of nitrogens with zero attached hydrogens (tertiary/aromatic N) is 1. The van der Waals surface area contributed by atoms with Crippen molar-refractivity contribution in [2.75, 3.05) is 25.9 Å². The van der Waals surface area contributed by atoms with Crippen molar-refractivity contribution in [3.05, 3.63) is 23.8 Å². The molecule has 1 aliphatic carbocycles. The fraction of sp³-hybridized carbons (Fsp3) is 0.588. The van der Waals surface area contributed by atoms with Crippen molar-refractivity contribution < 1.29 is 9.53 Å². The van der Waals surface area contributed by atoms with Crippen LogP contribution in [0.2, 0.25) is 0 Å². The zero-order valence-corrected chi connectivity index (χ0v) is 12.7. The predicted molar refractivity (Wildman–Crippen MR) is 83.4 cm³/mol. The molecule has 114 valence electrons. The number of hydrogen-bond acceptors (Lipinski definition) is 3. The zero-order chi connectivity index (χ0) is 14.8. The standard InChI is InChI=1S/C17H24N2O2/c1-21-16-7-6-14(18)10-15(16)17(20)19-9-8-12-4-2-3-5-13(12)11-19/h6-7,10,12-13H,2-5,8-9,11,18H2,1H3. The second-order valence-electron chi connectivity index (χ2n) is 6.30. The number of ether oxygens (including phenoxy) is 1. The van der Waals surface area contributed by atoms with E-state index in [1.54, 1.807) is 25.3 Å². The lowest BCUT2D eigenvalue weighted by Gasteiger charge is -2.41. The Morgan fingerprint density at radius 2 is 2.00 bits per heavy atom. The Hall–Kier alpha value is -1.71. The summed E-state index contributed by atoms with van der Waals surface area (Å²) in [6.07, 6.45) is 6.42. The van der Waals surface area contributed by atoms with Crippen molar-refractivity contribution in [2.24, 2.45) is 11.8 Å². The van der Waals surface area contributed by atoms with Gasteiger partial charge in [-0.05, 0) is 42.9 Å². The van der Waals surface area contributed by atoms with Crippen molar-refractivity contribution in [2.45, 2.75) is 32.1 Å². The molecular formula is C17H24N2O2. The number of benzene rings is 1. The zero-order valence-electron chi connectivity index (χ0n) is 12.7. The van der Waals surface area contributed by atoms with Crippen molar-refractivity contribution in [1.29, 1.82) is 0 Å². The largest absolute Gasteiger partial charge is 0.496 e. The van der Waals surface area contributed by atoms with Crippen LogP contribution in [0.5, 0.6) is 5.75 Å². The van der Waals surface area contributed by atoms with Crippen LogP contribution in [0.1, 0.15) is 42.5 Å². The number of fused-ring (bicyclic) bond motifs is 1. The maximum Gasteiger partial charge on any atom is 0.257 e. The molecule has 2 aliphatic rings. The molecule has 2 atom stereocenters. The highest BCUT2D eigenvalue weighted by Crippen LogP contribution is 2.37. The van der Waals surface area contributed by atoms with Crippen molar-refractivity contribution in [1.82, 2.24) is 4.90 Å². The van der Waals surface area contributed by atoms with E-state index in [0.717, 1.165) is 25.4 Å². The van der Waals surface area contributed by atoms with E-state index in [1.807, 2.05) is 4.90 Å². The monoisotopic (exact) mass is 288 g/mol. The van der Waals surface area contributed by atoms with Crippen LogP contribution in [-0.4, -0.2) is 31.0 Å². The maximum atomic E-state index is 12.8. The van der Waals surface area contributed by atoms with E-state index in [1.165, 1.54) is 25.7 Å². The van der Waals surface area contributed by atoms with Gasteiger partial charge in [0.2, 0.25) is 0 Å². The van der Waals surface area contributed by atoms with Crippen LogP contribution in [-0.2, 0) is 0 Å². The molecule has 0 radical (unpaired) electrons. The summed E-state index contributed by atoms with van der Waals surface area (Å²) in [6.45, 7) is 1.75. The van der Waals surface area contributed by atoms with Gasteiger partial charge < -0.3 is 15.4 Å². The van der Waals surface area contributed by atoms with E-state index in [9.17, 15) is 4.79 Å². The second-order valence-corrected chi connectivity index (χ2v) is 6.30. The fourth-order valence-electron chi connectivity index (χ4n) is 3.85. The quantitative estimate of drug-likeness (QED) is 0.851. The second kappa shape index (κ2) is 5.96. The Kier molecular flexibility index (Phi) is 4.04. The van der Waals surface area contributed by atoms with Crippen LogP contribution >= 0.6 is 0 Å². The van der Waals surface area contributed by atoms with Gasteiger partial charge in [-0.15, -0.1) is 0 Å². The maximum absolute atomic E-state index is 12.8. The van der Waals surface area contributed by atoms with Gasteiger partial charge in [-0.25, -0.2) is 0 Å².